The summed E-state index contributed by atoms with van der Waals surface area (Å²) in [5.74, 6) is -0.598. The van der Waals surface area contributed by atoms with Crippen molar-refractivity contribution < 1.29 is 14.3 Å². The van der Waals surface area contributed by atoms with Gasteiger partial charge < -0.3 is 15.0 Å². The van der Waals surface area contributed by atoms with E-state index in [0.29, 0.717) is 17.9 Å². The maximum atomic E-state index is 13.4. The molecule has 2 aromatic rings. The monoisotopic (exact) mass is 461 g/mol. The summed E-state index contributed by atoms with van der Waals surface area (Å²) >= 11 is 0. The molecule has 1 saturated heterocycles. The summed E-state index contributed by atoms with van der Waals surface area (Å²) in [7, 11) is 0. The third-order valence-corrected chi connectivity index (χ3v) is 6.59. The van der Waals surface area contributed by atoms with Crippen LogP contribution in [0.15, 0.2) is 48.2 Å². The standard InChI is InChI=1S/C28H35N3O3/c1-19(2)34-17-16-31-27(32)25(22-9-8-20(3)21(4)18-22)26(28(31)33)29-23-10-12-24(13-11-23)30-14-6-5-7-15-30/h8-13,18-19,29H,5-7,14-17H2,1-4H3. The molecule has 2 amide bonds. The summed E-state index contributed by atoms with van der Waals surface area (Å²) < 4.78 is 5.61. The molecule has 1 N–H and O–H groups in total. The Bertz CT molecular complexity index is 1080. The van der Waals surface area contributed by atoms with Crippen LogP contribution in [-0.2, 0) is 14.3 Å². The Morgan fingerprint density at radius 1 is 0.912 bits per heavy atom. The van der Waals surface area contributed by atoms with Gasteiger partial charge in [-0.05, 0) is 87.9 Å². The molecule has 0 bridgehead atoms. The molecule has 180 valence electrons. The number of nitrogens with zero attached hydrogens (tertiary/aromatic N) is 2. The Labute approximate surface area is 202 Å². The molecular formula is C28H35N3O3. The number of aryl methyl sites for hydroxylation is 2. The van der Waals surface area contributed by atoms with E-state index in [0.717, 1.165) is 35.5 Å². The van der Waals surface area contributed by atoms with Crippen molar-refractivity contribution in [3.63, 3.8) is 0 Å². The van der Waals surface area contributed by atoms with Crippen molar-refractivity contribution in [1.29, 1.82) is 0 Å². The molecule has 0 atom stereocenters. The summed E-state index contributed by atoms with van der Waals surface area (Å²) in [5, 5.41) is 3.27. The number of ether oxygens (including phenoxy) is 1. The van der Waals surface area contributed by atoms with Crippen LogP contribution in [0.5, 0.6) is 0 Å². The van der Waals surface area contributed by atoms with Crippen LogP contribution < -0.4 is 10.2 Å². The molecule has 0 aromatic heterocycles. The Hall–Kier alpha value is -3.12. The Morgan fingerprint density at radius 2 is 1.62 bits per heavy atom. The number of hydrogen-bond donors (Lipinski definition) is 1. The summed E-state index contributed by atoms with van der Waals surface area (Å²) in [6.07, 6.45) is 3.77. The molecule has 0 radical (unpaired) electrons. The van der Waals surface area contributed by atoms with Gasteiger partial charge in [-0.2, -0.15) is 0 Å². The zero-order chi connectivity index (χ0) is 24.2. The van der Waals surface area contributed by atoms with Crippen molar-refractivity contribution in [2.24, 2.45) is 0 Å². The second-order valence-electron chi connectivity index (χ2n) is 9.45. The molecule has 0 saturated carbocycles. The minimum Gasteiger partial charge on any atom is -0.377 e. The van der Waals surface area contributed by atoms with E-state index in [-0.39, 0.29) is 24.5 Å². The van der Waals surface area contributed by atoms with Crippen molar-refractivity contribution in [3.8, 4) is 0 Å². The van der Waals surface area contributed by atoms with Gasteiger partial charge in [0.15, 0.2) is 0 Å². The van der Waals surface area contributed by atoms with E-state index >= 15 is 0 Å². The minimum atomic E-state index is -0.314. The van der Waals surface area contributed by atoms with Crippen molar-refractivity contribution in [1.82, 2.24) is 4.90 Å². The number of nitrogens with one attached hydrogen (secondary N) is 1. The molecular weight excluding hydrogens is 426 g/mol. The quantitative estimate of drug-likeness (QED) is 0.566. The summed E-state index contributed by atoms with van der Waals surface area (Å²) in [5.41, 5.74) is 5.69. The van der Waals surface area contributed by atoms with Crippen LogP contribution in [0.2, 0.25) is 0 Å². The van der Waals surface area contributed by atoms with Gasteiger partial charge in [-0.3, -0.25) is 14.5 Å². The molecule has 2 aliphatic rings. The van der Waals surface area contributed by atoms with Gasteiger partial charge in [-0.1, -0.05) is 18.2 Å². The number of imide groups is 1. The van der Waals surface area contributed by atoms with Crippen LogP contribution in [-0.4, -0.2) is 49.1 Å². The normalized spacial score (nSPS) is 16.7. The summed E-state index contributed by atoms with van der Waals surface area (Å²) in [6, 6.07) is 14.0. The van der Waals surface area contributed by atoms with Crippen LogP contribution in [0.3, 0.4) is 0 Å². The highest BCUT2D eigenvalue weighted by Gasteiger charge is 2.39. The first-order valence-electron chi connectivity index (χ1n) is 12.3. The van der Waals surface area contributed by atoms with E-state index in [4.69, 9.17) is 4.74 Å². The predicted octanol–water partition coefficient (Wildman–Crippen LogP) is 4.91. The lowest BCUT2D eigenvalue weighted by Gasteiger charge is -2.28. The van der Waals surface area contributed by atoms with Crippen LogP contribution in [0.1, 0.15) is 49.8 Å². The number of carbonyl (C=O) groups excluding carboxylic acids is 2. The predicted molar refractivity (Wildman–Crippen MR) is 137 cm³/mol. The molecule has 1 fully saturated rings. The van der Waals surface area contributed by atoms with E-state index < -0.39 is 0 Å². The van der Waals surface area contributed by atoms with Crippen LogP contribution >= 0.6 is 0 Å². The number of piperidine rings is 1. The average molecular weight is 462 g/mol. The fraction of sp³-hybridized carbons (Fsp3) is 0.429. The number of amides is 2. The first-order chi connectivity index (χ1) is 16.3. The third kappa shape index (κ3) is 5.17. The van der Waals surface area contributed by atoms with Crippen LogP contribution in [0, 0.1) is 13.8 Å². The smallest absolute Gasteiger partial charge is 0.278 e. The number of hydrogen-bond acceptors (Lipinski definition) is 5. The Balaban J connectivity index is 1.62. The first-order valence-corrected chi connectivity index (χ1v) is 12.3. The van der Waals surface area contributed by atoms with Gasteiger partial charge in [-0.25, -0.2) is 0 Å². The van der Waals surface area contributed by atoms with Gasteiger partial charge in [0.2, 0.25) is 0 Å². The van der Waals surface area contributed by atoms with Gasteiger partial charge in [0.1, 0.15) is 5.70 Å². The van der Waals surface area contributed by atoms with Gasteiger partial charge in [0.05, 0.1) is 24.8 Å². The van der Waals surface area contributed by atoms with E-state index in [1.807, 2.05) is 58.0 Å². The molecule has 0 spiro atoms. The second-order valence-corrected chi connectivity index (χ2v) is 9.45. The van der Waals surface area contributed by atoms with Crippen molar-refractivity contribution in [2.75, 3.05) is 36.5 Å². The lowest BCUT2D eigenvalue weighted by molar-refractivity contribution is -0.137. The maximum absolute atomic E-state index is 13.4. The molecule has 34 heavy (non-hydrogen) atoms. The first kappa shape index (κ1) is 24.0. The van der Waals surface area contributed by atoms with Gasteiger partial charge >= 0.3 is 0 Å². The van der Waals surface area contributed by atoms with E-state index in [9.17, 15) is 9.59 Å². The van der Waals surface area contributed by atoms with Crippen molar-refractivity contribution >= 4 is 28.8 Å². The minimum absolute atomic E-state index is 0.0380. The highest BCUT2D eigenvalue weighted by Crippen LogP contribution is 2.32. The molecule has 6 heteroatoms. The number of rotatable bonds is 8. The Kier molecular flexibility index (Phi) is 7.37. The van der Waals surface area contributed by atoms with Gasteiger partial charge in [0.25, 0.3) is 11.8 Å². The number of benzene rings is 2. The van der Waals surface area contributed by atoms with Crippen LogP contribution in [0.4, 0.5) is 11.4 Å². The van der Waals surface area contributed by atoms with Crippen molar-refractivity contribution in [3.05, 3.63) is 64.9 Å². The fourth-order valence-electron chi connectivity index (χ4n) is 4.49. The Morgan fingerprint density at radius 3 is 2.26 bits per heavy atom. The fourth-order valence-corrected chi connectivity index (χ4v) is 4.49. The van der Waals surface area contributed by atoms with Gasteiger partial charge in [-0.15, -0.1) is 0 Å². The second kappa shape index (κ2) is 10.4. The van der Waals surface area contributed by atoms with Crippen LogP contribution in [0.25, 0.3) is 5.57 Å². The largest absolute Gasteiger partial charge is 0.377 e. The van der Waals surface area contributed by atoms with E-state index in [2.05, 4.69) is 22.3 Å². The molecule has 4 rings (SSSR count). The summed E-state index contributed by atoms with van der Waals surface area (Å²) in [6.45, 7) is 10.6. The lowest BCUT2D eigenvalue weighted by atomic mass is 9.99. The molecule has 0 aliphatic carbocycles. The summed E-state index contributed by atoms with van der Waals surface area (Å²) in [4.78, 5) is 30.4. The van der Waals surface area contributed by atoms with E-state index in [1.54, 1.807) is 0 Å². The molecule has 2 aromatic carbocycles. The topological polar surface area (TPSA) is 61.9 Å². The molecule has 0 unspecified atom stereocenters. The number of anilines is 2. The van der Waals surface area contributed by atoms with Crippen molar-refractivity contribution in [2.45, 2.75) is 53.1 Å². The van der Waals surface area contributed by atoms with E-state index in [1.165, 1.54) is 29.8 Å². The zero-order valence-corrected chi connectivity index (χ0v) is 20.7. The molecule has 2 aliphatic heterocycles. The SMILES string of the molecule is Cc1ccc(C2=C(Nc3ccc(N4CCCCC4)cc3)C(=O)N(CCOC(C)C)C2=O)cc1C. The highest BCUT2D eigenvalue weighted by atomic mass is 16.5. The highest BCUT2D eigenvalue weighted by molar-refractivity contribution is 6.36. The number of carbonyl (C=O) groups is 2. The zero-order valence-electron chi connectivity index (χ0n) is 20.7. The van der Waals surface area contributed by atoms with Gasteiger partial charge in [0, 0.05) is 24.5 Å². The average Bonchev–Trinajstić information content (AvgIpc) is 3.06. The molecule has 2 heterocycles. The third-order valence-electron chi connectivity index (χ3n) is 6.59. The molecule has 6 nitrogen and oxygen atoms in total. The maximum Gasteiger partial charge on any atom is 0.278 e. The lowest BCUT2D eigenvalue weighted by Crippen LogP contribution is -2.35.